The number of hydrogen-bond donors (Lipinski definition) is 0. The van der Waals surface area contributed by atoms with Gasteiger partial charge in [-0.1, -0.05) is 6.07 Å². The molecule has 1 aromatic carbocycles. The SMILES string of the molecule is CCOc1ccc(C(=O)N2CCc3sccc3[C@H]2c2cccs2)cc1OCC. The summed E-state index contributed by atoms with van der Waals surface area (Å²) in [7, 11) is 0. The van der Waals surface area contributed by atoms with Crippen molar-refractivity contribution in [1.29, 1.82) is 0 Å². The Kier molecular flexibility index (Phi) is 5.69. The second kappa shape index (κ2) is 8.37. The topological polar surface area (TPSA) is 38.8 Å². The number of fused-ring (bicyclic) bond motifs is 1. The lowest BCUT2D eigenvalue weighted by atomic mass is 9.97. The number of nitrogens with zero attached hydrogens (tertiary/aromatic N) is 1. The van der Waals surface area contributed by atoms with Crippen molar-refractivity contribution >= 4 is 28.6 Å². The van der Waals surface area contributed by atoms with E-state index in [-0.39, 0.29) is 11.9 Å². The van der Waals surface area contributed by atoms with Crippen LogP contribution in [0.25, 0.3) is 0 Å². The Labute approximate surface area is 173 Å². The van der Waals surface area contributed by atoms with Crippen LogP contribution in [-0.4, -0.2) is 30.6 Å². The van der Waals surface area contributed by atoms with Gasteiger partial charge in [0.05, 0.1) is 19.3 Å². The molecule has 0 fully saturated rings. The lowest BCUT2D eigenvalue weighted by Gasteiger charge is -2.35. The second-order valence-corrected chi connectivity index (χ2v) is 8.47. The van der Waals surface area contributed by atoms with E-state index in [0.29, 0.717) is 36.8 Å². The van der Waals surface area contributed by atoms with Gasteiger partial charge in [-0.3, -0.25) is 4.79 Å². The maximum absolute atomic E-state index is 13.5. The Morgan fingerprint density at radius 1 is 1.07 bits per heavy atom. The standard InChI is InChI=1S/C22H23NO3S2/c1-3-25-17-8-7-15(14-18(17)26-4-2)22(24)23-11-9-19-16(10-13-28-19)21(23)20-6-5-12-27-20/h5-8,10,12-14,21H,3-4,9,11H2,1-2H3/t21-/m0/s1. The molecule has 0 spiro atoms. The highest BCUT2D eigenvalue weighted by atomic mass is 32.1. The molecular formula is C22H23NO3S2. The van der Waals surface area contributed by atoms with E-state index in [0.717, 1.165) is 6.42 Å². The normalized spacial score (nSPS) is 15.9. The van der Waals surface area contributed by atoms with Crippen LogP contribution in [0.2, 0.25) is 0 Å². The number of ether oxygens (including phenoxy) is 2. The highest BCUT2D eigenvalue weighted by molar-refractivity contribution is 7.10. The Balaban J connectivity index is 1.70. The van der Waals surface area contributed by atoms with Crippen molar-refractivity contribution in [2.75, 3.05) is 19.8 Å². The van der Waals surface area contributed by atoms with E-state index < -0.39 is 0 Å². The molecule has 0 bridgehead atoms. The van der Waals surface area contributed by atoms with E-state index in [2.05, 4.69) is 22.9 Å². The maximum Gasteiger partial charge on any atom is 0.254 e. The molecule has 2 aromatic heterocycles. The van der Waals surface area contributed by atoms with E-state index in [1.54, 1.807) is 22.7 Å². The summed E-state index contributed by atoms with van der Waals surface area (Å²) in [5, 5.41) is 4.20. The highest BCUT2D eigenvalue weighted by Gasteiger charge is 2.34. The van der Waals surface area contributed by atoms with Crippen LogP contribution in [-0.2, 0) is 6.42 Å². The molecule has 0 saturated carbocycles. The monoisotopic (exact) mass is 413 g/mol. The van der Waals surface area contributed by atoms with E-state index in [1.165, 1.54) is 15.3 Å². The number of benzene rings is 1. The minimum atomic E-state index is -0.0235. The minimum absolute atomic E-state index is 0.0235. The summed E-state index contributed by atoms with van der Waals surface area (Å²) in [4.78, 5) is 18.1. The van der Waals surface area contributed by atoms with Crippen molar-refractivity contribution in [3.8, 4) is 11.5 Å². The fourth-order valence-electron chi connectivity index (χ4n) is 3.64. The lowest BCUT2D eigenvalue weighted by molar-refractivity contribution is 0.0698. The summed E-state index contributed by atoms with van der Waals surface area (Å²) in [5.41, 5.74) is 1.88. The molecule has 1 aliphatic rings. The molecule has 0 radical (unpaired) electrons. The zero-order valence-corrected chi connectivity index (χ0v) is 17.6. The third-order valence-corrected chi connectivity index (χ3v) is 6.75. The lowest BCUT2D eigenvalue weighted by Crippen LogP contribution is -2.39. The van der Waals surface area contributed by atoms with Crippen molar-refractivity contribution in [2.24, 2.45) is 0 Å². The number of amides is 1. The molecule has 1 aliphatic heterocycles. The first-order valence-corrected chi connectivity index (χ1v) is 11.3. The van der Waals surface area contributed by atoms with Crippen molar-refractivity contribution in [3.63, 3.8) is 0 Å². The van der Waals surface area contributed by atoms with Crippen LogP contribution in [0.3, 0.4) is 0 Å². The molecule has 3 aromatic rings. The first-order chi connectivity index (χ1) is 13.7. The Hall–Kier alpha value is -2.31. The van der Waals surface area contributed by atoms with Gasteiger partial charge in [-0.05, 0) is 66.9 Å². The third-order valence-electron chi connectivity index (χ3n) is 4.83. The largest absolute Gasteiger partial charge is 0.490 e. The summed E-state index contributed by atoms with van der Waals surface area (Å²) in [6.45, 7) is 5.66. The fraction of sp³-hybridized carbons (Fsp3) is 0.318. The van der Waals surface area contributed by atoms with Gasteiger partial charge < -0.3 is 14.4 Å². The van der Waals surface area contributed by atoms with Gasteiger partial charge in [0.25, 0.3) is 5.91 Å². The van der Waals surface area contributed by atoms with Crippen LogP contribution in [0.1, 0.15) is 45.6 Å². The molecule has 0 N–H and O–H groups in total. The fourth-order valence-corrected chi connectivity index (χ4v) is 5.40. The smallest absolute Gasteiger partial charge is 0.254 e. The molecule has 4 nitrogen and oxygen atoms in total. The van der Waals surface area contributed by atoms with Gasteiger partial charge in [-0.25, -0.2) is 0 Å². The summed E-state index contributed by atoms with van der Waals surface area (Å²) < 4.78 is 11.4. The number of hydrogen-bond acceptors (Lipinski definition) is 5. The van der Waals surface area contributed by atoms with Gasteiger partial charge in [-0.15, -0.1) is 22.7 Å². The molecule has 4 rings (SSSR count). The molecule has 1 amide bonds. The van der Waals surface area contributed by atoms with Crippen molar-refractivity contribution in [1.82, 2.24) is 4.90 Å². The quantitative estimate of drug-likeness (QED) is 0.543. The third kappa shape index (κ3) is 3.54. The minimum Gasteiger partial charge on any atom is -0.490 e. The summed E-state index contributed by atoms with van der Waals surface area (Å²) >= 11 is 3.48. The molecule has 0 saturated heterocycles. The summed E-state index contributed by atoms with van der Waals surface area (Å²) in [5.74, 6) is 1.32. The molecule has 6 heteroatoms. The van der Waals surface area contributed by atoms with Gasteiger partial charge >= 0.3 is 0 Å². The van der Waals surface area contributed by atoms with Crippen LogP contribution in [0.5, 0.6) is 11.5 Å². The van der Waals surface area contributed by atoms with Crippen LogP contribution in [0, 0.1) is 0 Å². The Morgan fingerprint density at radius 3 is 2.64 bits per heavy atom. The Morgan fingerprint density at radius 2 is 1.89 bits per heavy atom. The molecule has 0 unspecified atom stereocenters. The van der Waals surface area contributed by atoms with Crippen LogP contribution >= 0.6 is 22.7 Å². The zero-order valence-electron chi connectivity index (χ0n) is 16.0. The van der Waals surface area contributed by atoms with E-state index >= 15 is 0 Å². The second-order valence-electron chi connectivity index (χ2n) is 6.49. The van der Waals surface area contributed by atoms with Crippen LogP contribution < -0.4 is 9.47 Å². The van der Waals surface area contributed by atoms with E-state index in [4.69, 9.17) is 9.47 Å². The van der Waals surface area contributed by atoms with Gasteiger partial charge in [0.15, 0.2) is 11.5 Å². The van der Waals surface area contributed by atoms with Crippen LogP contribution in [0.4, 0.5) is 0 Å². The maximum atomic E-state index is 13.5. The Bertz CT molecular complexity index is 949. The number of carbonyl (C=O) groups excluding carboxylic acids is 1. The molecule has 0 aliphatic carbocycles. The van der Waals surface area contributed by atoms with E-state index in [1.807, 2.05) is 43.0 Å². The van der Waals surface area contributed by atoms with Crippen molar-refractivity contribution in [3.05, 3.63) is 68.0 Å². The summed E-state index contributed by atoms with van der Waals surface area (Å²) in [6, 6.07) is 11.8. The molecule has 28 heavy (non-hydrogen) atoms. The highest BCUT2D eigenvalue weighted by Crippen LogP contribution is 2.40. The molecule has 1 atom stereocenters. The first-order valence-electron chi connectivity index (χ1n) is 9.53. The van der Waals surface area contributed by atoms with Gasteiger partial charge in [0.2, 0.25) is 0 Å². The average molecular weight is 414 g/mol. The van der Waals surface area contributed by atoms with Crippen molar-refractivity contribution in [2.45, 2.75) is 26.3 Å². The average Bonchev–Trinajstić information content (AvgIpc) is 3.40. The molecule has 146 valence electrons. The number of thiophene rings is 2. The van der Waals surface area contributed by atoms with E-state index in [9.17, 15) is 4.79 Å². The predicted molar refractivity (Wildman–Crippen MR) is 114 cm³/mol. The van der Waals surface area contributed by atoms with Gasteiger partial charge in [-0.2, -0.15) is 0 Å². The number of carbonyl (C=O) groups is 1. The number of rotatable bonds is 6. The first kappa shape index (κ1) is 19.0. The van der Waals surface area contributed by atoms with Crippen molar-refractivity contribution < 1.29 is 14.3 Å². The van der Waals surface area contributed by atoms with Gasteiger partial charge in [0, 0.05) is 21.9 Å². The summed E-state index contributed by atoms with van der Waals surface area (Å²) in [6.07, 6.45) is 0.899. The van der Waals surface area contributed by atoms with Gasteiger partial charge in [0.1, 0.15) is 0 Å². The van der Waals surface area contributed by atoms with Crippen LogP contribution in [0.15, 0.2) is 47.2 Å². The predicted octanol–water partition coefficient (Wildman–Crippen LogP) is 5.39. The molecular weight excluding hydrogens is 390 g/mol. The molecule has 3 heterocycles. The zero-order chi connectivity index (χ0) is 19.5.